The third kappa shape index (κ3) is 2.70. The summed E-state index contributed by atoms with van der Waals surface area (Å²) in [5.41, 5.74) is 2.33. The third-order valence-corrected chi connectivity index (χ3v) is 2.56. The van der Waals surface area contributed by atoms with Crippen molar-refractivity contribution in [3.05, 3.63) is 23.3 Å². The van der Waals surface area contributed by atoms with Gasteiger partial charge in [-0.3, -0.25) is 0 Å². The molecule has 0 amide bonds. The molecule has 13 heavy (non-hydrogen) atoms. The molecule has 0 fully saturated rings. The van der Waals surface area contributed by atoms with Gasteiger partial charge in [0.15, 0.2) is 0 Å². The van der Waals surface area contributed by atoms with Crippen molar-refractivity contribution in [1.82, 2.24) is 0 Å². The highest BCUT2D eigenvalue weighted by Gasteiger charge is 2.30. The first kappa shape index (κ1) is 12.4. The number of hydrogen-bond acceptors (Lipinski definition) is 1. The van der Waals surface area contributed by atoms with Crippen LogP contribution in [0, 0.1) is 5.92 Å². The van der Waals surface area contributed by atoms with Gasteiger partial charge in [0, 0.05) is 0 Å². The second-order valence-corrected chi connectivity index (χ2v) is 4.46. The van der Waals surface area contributed by atoms with Gasteiger partial charge in [0.2, 0.25) is 0 Å². The summed E-state index contributed by atoms with van der Waals surface area (Å²) in [4.78, 5) is 0. The van der Waals surface area contributed by atoms with Crippen molar-refractivity contribution >= 4 is 0 Å². The van der Waals surface area contributed by atoms with E-state index in [0.717, 1.165) is 16.7 Å². The van der Waals surface area contributed by atoms with Crippen LogP contribution in [0.5, 0.6) is 0 Å². The van der Waals surface area contributed by atoms with Crippen LogP contribution in [0.1, 0.15) is 41.5 Å². The van der Waals surface area contributed by atoms with Gasteiger partial charge >= 0.3 is 0 Å². The lowest BCUT2D eigenvalue weighted by molar-refractivity contribution is 0.0516. The number of aliphatic hydroxyl groups is 1. The standard InChI is InChI=1S/C12H22O/c1-8(2)11(9(3)4)12(7,13)10(5)6/h10,13H,1H2,2-7H3. The first-order chi connectivity index (χ1) is 5.71. The molecule has 1 heteroatoms. The average Bonchev–Trinajstić information content (AvgIpc) is 1.82. The molecule has 0 radical (unpaired) electrons. The smallest absolute Gasteiger partial charge is 0.0892 e. The number of allylic oxidation sites excluding steroid dienone is 1. The fourth-order valence-electron chi connectivity index (χ4n) is 1.65. The van der Waals surface area contributed by atoms with E-state index in [1.165, 1.54) is 0 Å². The molecule has 1 unspecified atom stereocenters. The van der Waals surface area contributed by atoms with Crippen LogP contribution >= 0.6 is 0 Å². The summed E-state index contributed by atoms with van der Waals surface area (Å²) in [5.74, 6) is 0.203. The fourth-order valence-corrected chi connectivity index (χ4v) is 1.65. The Morgan fingerprint density at radius 2 is 1.62 bits per heavy atom. The van der Waals surface area contributed by atoms with Gasteiger partial charge in [-0.2, -0.15) is 0 Å². The predicted molar refractivity (Wildman–Crippen MR) is 58.6 cm³/mol. The summed E-state index contributed by atoms with van der Waals surface area (Å²) < 4.78 is 0. The first-order valence-corrected chi connectivity index (χ1v) is 4.77. The van der Waals surface area contributed by atoms with E-state index in [0.29, 0.717) is 0 Å². The lowest BCUT2D eigenvalue weighted by atomic mass is 9.80. The molecule has 1 nitrogen and oxygen atoms in total. The lowest BCUT2D eigenvalue weighted by Crippen LogP contribution is -2.34. The molecule has 1 atom stereocenters. The maximum atomic E-state index is 10.3. The maximum Gasteiger partial charge on any atom is 0.0892 e. The fraction of sp³-hybridized carbons (Fsp3) is 0.667. The zero-order chi connectivity index (χ0) is 10.8. The maximum absolute atomic E-state index is 10.3. The van der Waals surface area contributed by atoms with Crippen LogP contribution in [0.25, 0.3) is 0 Å². The van der Waals surface area contributed by atoms with Gasteiger partial charge in [-0.25, -0.2) is 0 Å². The molecular weight excluding hydrogens is 160 g/mol. The monoisotopic (exact) mass is 182 g/mol. The van der Waals surface area contributed by atoms with E-state index >= 15 is 0 Å². The average molecular weight is 182 g/mol. The molecule has 0 spiro atoms. The van der Waals surface area contributed by atoms with Gasteiger partial charge < -0.3 is 5.11 Å². The Morgan fingerprint density at radius 1 is 1.23 bits per heavy atom. The topological polar surface area (TPSA) is 20.2 Å². The van der Waals surface area contributed by atoms with E-state index in [4.69, 9.17) is 0 Å². The van der Waals surface area contributed by atoms with Crippen LogP contribution in [0.2, 0.25) is 0 Å². The quantitative estimate of drug-likeness (QED) is 0.664. The Balaban J connectivity index is 5.22. The van der Waals surface area contributed by atoms with Crippen LogP contribution in [-0.2, 0) is 0 Å². The van der Waals surface area contributed by atoms with Crippen LogP contribution < -0.4 is 0 Å². The van der Waals surface area contributed by atoms with Crippen molar-refractivity contribution < 1.29 is 5.11 Å². The van der Waals surface area contributed by atoms with E-state index in [2.05, 4.69) is 6.58 Å². The van der Waals surface area contributed by atoms with Crippen molar-refractivity contribution in [2.75, 3.05) is 0 Å². The van der Waals surface area contributed by atoms with E-state index in [1.54, 1.807) is 0 Å². The van der Waals surface area contributed by atoms with Crippen molar-refractivity contribution in [3.63, 3.8) is 0 Å². The highest BCUT2D eigenvalue weighted by atomic mass is 16.3. The van der Waals surface area contributed by atoms with Gasteiger partial charge in [-0.15, -0.1) is 0 Å². The largest absolute Gasteiger partial charge is 0.385 e. The van der Waals surface area contributed by atoms with E-state index in [9.17, 15) is 5.11 Å². The molecular formula is C12H22O. The van der Waals surface area contributed by atoms with Crippen molar-refractivity contribution in [3.8, 4) is 0 Å². The summed E-state index contributed by atoms with van der Waals surface area (Å²) in [5, 5.41) is 10.3. The molecule has 0 aliphatic carbocycles. The summed E-state index contributed by atoms with van der Waals surface area (Å²) in [7, 11) is 0. The van der Waals surface area contributed by atoms with Gasteiger partial charge in [0.05, 0.1) is 5.60 Å². The Labute approximate surface area is 82.2 Å². The summed E-state index contributed by atoms with van der Waals surface area (Å²) >= 11 is 0. The zero-order valence-electron chi connectivity index (χ0n) is 9.73. The Kier molecular flexibility index (Phi) is 3.92. The number of hydrogen-bond donors (Lipinski definition) is 1. The third-order valence-electron chi connectivity index (χ3n) is 2.56. The minimum Gasteiger partial charge on any atom is -0.385 e. The van der Waals surface area contributed by atoms with Gasteiger partial charge in [0.25, 0.3) is 0 Å². The van der Waals surface area contributed by atoms with Gasteiger partial charge in [0.1, 0.15) is 0 Å². The van der Waals surface area contributed by atoms with E-state index < -0.39 is 5.60 Å². The van der Waals surface area contributed by atoms with Crippen molar-refractivity contribution in [2.45, 2.75) is 47.1 Å². The summed E-state index contributed by atoms with van der Waals surface area (Å²) in [6, 6.07) is 0. The molecule has 1 N–H and O–H groups in total. The Hall–Kier alpha value is -0.560. The highest BCUT2D eigenvalue weighted by Crippen LogP contribution is 2.31. The minimum atomic E-state index is -0.759. The van der Waals surface area contributed by atoms with Gasteiger partial charge in [-0.1, -0.05) is 31.6 Å². The van der Waals surface area contributed by atoms with Crippen LogP contribution in [0.3, 0.4) is 0 Å². The van der Waals surface area contributed by atoms with Crippen LogP contribution in [0.15, 0.2) is 23.3 Å². The molecule has 0 aromatic carbocycles. The molecule has 0 bridgehead atoms. The Morgan fingerprint density at radius 3 is 1.69 bits per heavy atom. The molecule has 76 valence electrons. The molecule has 0 saturated heterocycles. The Bertz CT molecular complexity index is 228. The molecule has 0 saturated carbocycles. The second kappa shape index (κ2) is 4.10. The summed E-state index contributed by atoms with van der Waals surface area (Å²) in [6.45, 7) is 15.8. The SMILES string of the molecule is C=C(C)C(=C(C)C)C(C)(O)C(C)C. The predicted octanol–water partition coefficient (Wildman–Crippen LogP) is 3.31. The summed E-state index contributed by atoms with van der Waals surface area (Å²) in [6.07, 6.45) is 0. The highest BCUT2D eigenvalue weighted by molar-refractivity contribution is 5.37. The molecule has 0 aliphatic rings. The first-order valence-electron chi connectivity index (χ1n) is 4.77. The second-order valence-electron chi connectivity index (χ2n) is 4.46. The van der Waals surface area contributed by atoms with Gasteiger partial charge in [-0.05, 0) is 39.2 Å². The minimum absolute atomic E-state index is 0.203. The van der Waals surface area contributed by atoms with Crippen molar-refractivity contribution in [2.24, 2.45) is 5.92 Å². The number of rotatable bonds is 3. The molecule has 0 rings (SSSR count). The molecule has 0 aliphatic heterocycles. The van der Waals surface area contributed by atoms with E-state index in [1.807, 2.05) is 41.5 Å². The van der Waals surface area contributed by atoms with Crippen molar-refractivity contribution in [1.29, 1.82) is 0 Å². The zero-order valence-corrected chi connectivity index (χ0v) is 9.73. The van der Waals surface area contributed by atoms with E-state index in [-0.39, 0.29) is 5.92 Å². The molecule has 0 aromatic rings. The molecule has 0 aromatic heterocycles. The van der Waals surface area contributed by atoms with Crippen LogP contribution in [0.4, 0.5) is 0 Å². The lowest BCUT2D eigenvalue weighted by Gasteiger charge is -2.32. The van der Waals surface area contributed by atoms with Crippen LogP contribution in [-0.4, -0.2) is 10.7 Å². The molecule has 0 heterocycles. The normalized spacial score (nSPS) is 15.4.